The molecule has 110 valence electrons. The Balaban J connectivity index is 1.89. The van der Waals surface area contributed by atoms with Gasteiger partial charge in [-0.15, -0.1) is 0 Å². The Morgan fingerprint density at radius 2 is 1.76 bits per heavy atom. The summed E-state index contributed by atoms with van der Waals surface area (Å²) in [4.78, 5) is 12.2. The normalized spacial score (nSPS) is 11.9. The molecule has 3 nitrogen and oxygen atoms in total. The molecule has 0 spiro atoms. The summed E-state index contributed by atoms with van der Waals surface area (Å²) >= 11 is 0. The molecule has 0 aliphatic rings. The van der Waals surface area contributed by atoms with E-state index >= 15 is 0 Å². The number of Topliss-reactive ketones (excluding diaryl/α,β-unsaturated/α-hetero) is 1. The molecule has 2 rings (SSSR count). The van der Waals surface area contributed by atoms with Crippen molar-refractivity contribution in [1.29, 1.82) is 0 Å². The number of para-hydroxylation sites is 1. The lowest BCUT2D eigenvalue weighted by molar-refractivity contribution is 0.0985. The molecule has 0 bridgehead atoms. The maximum atomic E-state index is 12.2. The molecule has 1 atom stereocenters. The molecule has 0 aliphatic heterocycles. The number of methoxy groups -OCH3 is 1. The molecule has 0 heterocycles. The second kappa shape index (κ2) is 7.60. The summed E-state index contributed by atoms with van der Waals surface area (Å²) in [6.45, 7) is 2.40. The zero-order chi connectivity index (χ0) is 15.1. The Bertz CT molecular complexity index is 581. The van der Waals surface area contributed by atoms with Gasteiger partial charge in [0.1, 0.15) is 5.75 Å². The van der Waals surface area contributed by atoms with Crippen molar-refractivity contribution in [2.75, 3.05) is 13.7 Å². The molecule has 0 aliphatic carbocycles. The molecular weight excluding hydrogens is 262 g/mol. The maximum Gasteiger partial charge on any atom is 0.180 e. The van der Waals surface area contributed by atoms with Crippen molar-refractivity contribution in [2.45, 2.75) is 19.4 Å². The highest BCUT2D eigenvalue weighted by Gasteiger charge is 2.12. The van der Waals surface area contributed by atoms with E-state index in [4.69, 9.17) is 4.74 Å². The zero-order valence-corrected chi connectivity index (χ0v) is 12.5. The van der Waals surface area contributed by atoms with Crippen LogP contribution in [0.4, 0.5) is 0 Å². The minimum absolute atomic E-state index is 0.0485. The van der Waals surface area contributed by atoms with Crippen LogP contribution in [0, 0.1) is 0 Å². The van der Waals surface area contributed by atoms with Gasteiger partial charge in [-0.05, 0) is 31.0 Å². The van der Waals surface area contributed by atoms with Crippen LogP contribution in [0.25, 0.3) is 0 Å². The van der Waals surface area contributed by atoms with Crippen LogP contribution < -0.4 is 10.1 Å². The van der Waals surface area contributed by atoms with Crippen LogP contribution in [0.5, 0.6) is 5.75 Å². The van der Waals surface area contributed by atoms with Gasteiger partial charge < -0.3 is 10.1 Å². The van der Waals surface area contributed by atoms with Crippen LogP contribution in [0.3, 0.4) is 0 Å². The van der Waals surface area contributed by atoms with E-state index < -0.39 is 0 Å². The van der Waals surface area contributed by atoms with E-state index in [2.05, 4.69) is 24.4 Å². The van der Waals surface area contributed by atoms with Gasteiger partial charge in [-0.3, -0.25) is 4.79 Å². The quantitative estimate of drug-likeness (QED) is 0.794. The van der Waals surface area contributed by atoms with Gasteiger partial charge in [0, 0.05) is 6.04 Å². The number of carbonyl (C=O) groups excluding carboxylic acids is 1. The van der Waals surface area contributed by atoms with Crippen molar-refractivity contribution in [3.8, 4) is 5.75 Å². The summed E-state index contributed by atoms with van der Waals surface area (Å²) in [7, 11) is 1.58. The smallest absolute Gasteiger partial charge is 0.180 e. The fourth-order valence-electron chi connectivity index (χ4n) is 2.28. The minimum atomic E-state index is 0.0485. The van der Waals surface area contributed by atoms with Gasteiger partial charge in [-0.25, -0.2) is 0 Å². The largest absolute Gasteiger partial charge is 0.496 e. The number of rotatable bonds is 7. The van der Waals surface area contributed by atoms with Crippen LogP contribution in [-0.2, 0) is 6.42 Å². The number of ether oxygens (including phenoxy) is 1. The van der Waals surface area contributed by atoms with Gasteiger partial charge in [-0.1, -0.05) is 42.5 Å². The fourth-order valence-corrected chi connectivity index (χ4v) is 2.28. The Hall–Kier alpha value is -2.13. The lowest BCUT2D eigenvalue weighted by Gasteiger charge is -2.14. The van der Waals surface area contributed by atoms with E-state index in [0.29, 0.717) is 17.9 Å². The van der Waals surface area contributed by atoms with Crippen molar-refractivity contribution in [3.05, 3.63) is 65.7 Å². The topological polar surface area (TPSA) is 38.3 Å². The van der Waals surface area contributed by atoms with Crippen molar-refractivity contribution >= 4 is 5.78 Å². The molecule has 3 heteroatoms. The van der Waals surface area contributed by atoms with Gasteiger partial charge >= 0.3 is 0 Å². The van der Waals surface area contributed by atoms with E-state index in [0.717, 1.165) is 6.42 Å². The van der Waals surface area contributed by atoms with Crippen LogP contribution in [0.15, 0.2) is 54.6 Å². The standard InChI is InChI=1S/C18H21NO2/c1-14(12-15-8-4-3-5-9-15)19-13-17(20)16-10-6-7-11-18(16)21-2/h3-11,14,19H,12-13H2,1-2H3/t14-/m0/s1. The summed E-state index contributed by atoms with van der Waals surface area (Å²) in [5.74, 6) is 0.673. The van der Waals surface area contributed by atoms with Gasteiger partial charge in [0.25, 0.3) is 0 Å². The van der Waals surface area contributed by atoms with Crippen LogP contribution in [-0.4, -0.2) is 25.5 Å². The molecule has 2 aromatic carbocycles. The van der Waals surface area contributed by atoms with E-state index in [-0.39, 0.29) is 11.8 Å². The Morgan fingerprint density at radius 3 is 2.48 bits per heavy atom. The van der Waals surface area contributed by atoms with Gasteiger partial charge in [0.05, 0.1) is 19.2 Å². The first-order chi connectivity index (χ1) is 10.2. The van der Waals surface area contributed by atoms with Crippen LogP contribution >= 0.6 is 0 Å². The number of benzene rings is 2. The molecule has 0 fully saturated rings. The van der Waals surface area contributed by atoms with Crippen molar-refractivity contribution in [1.82, 2.24) is 5.32 Å². The molecule has 0 aromatic heterocycles. The molecule has 0 amide bonds. The highest BCUT2D eigenvalue weighted by molar-refractivity contribution is 6.00. The van der Waals surface area contributed by atoms with Gasteiger partial charge in [-0.2, -0.15) is 0 Å². The minimum Gasteiger partial charge on any atom is -0.496 e. The van der Waals surface area contributed by atoms with Crippen molar-refractivity contribution < 1.29 is 9.53 Å². The monoisotopic (exact) mass is 283 g/mol. The summed E-state index contributed by atoms with van der Waals surface area (Å²) in [6, 6.07) is 17.8. The first kappa shape index (κ1) is 15.3. The second-order valence-electron chi connectivity index (χ2n) is 5.10. The third-order valence-corrected chi connectivity index (χ3v) is 3.40. The number of hydrogen-bond donors (Lipinski definition) is 1. The molecule has 0 saturated carbocycles. The number of carbonyl (C=O) groups is 1. The lowest BCUT2D eigenvalue weighted by atomic mass is 10.1. The number of ketones is 1. The van der Waals surface area contributed by atoms with E-state index in [1.807, 2.05) is 30.3 Å². The number of nitrogens with one attached hydrogen (secondary N) is 1. The molecule has 21 heavy (non-hydrogen) atoms. The van der Waals surface area contributed by atoms with E-state index in [1.165, 1.54) is 5.56 Å². The van der Waals surface area contributed by atoms with Crippen molar-refractivity contribution in [2.24, 2.45) is 0 Å². The van der Waals surface area contributed by atoms with Crippen LogP contribution in [0.1, 0.15) is 22.8 Å². The average Bonchev–Trinajstić information content (AvgIpc) is 2.53. The van der Waals surface area contributed by atoms with Crippen molar-refractivity contribution in [3.63, 3.8) is 0 Å². The molecule has 0 saturated heterocycles. The Morgan fingerprint density at radius 1 is 1.10 bits per heavy atom. The molecule has 0 unspecified atom stereocenters. The van der Waals surface area contributed by atoms with Gasteiger partial charge in [0.2, 0.25) is 0 Å². The highest BCUT2D eigenvalue weighted by atomic mass is 16.5. The summed E-state index contributed by atoms with van der Waals surface area (Å²) in [5.41, 5.74) is 1.89. The van der Waals surface area contributed by atoms with Crippen LogP contribution in [0.2, 0.25) is 0 Å². The summed E-state index contributed by atoms with van der Waals surface area (Å²) in [6.07, 6.45) is 0.903. The van der Waals surface area contributed by atoms with Gasteiger partial charge in [0.15, 0.2) is 5.78 Å². The summed E-state index contributed by atoms with van der Waals surface area (Å²) in [5, 5.41) is 3.28. The van der Waals surface area contributed by atoms with E-state index in [9.17, 15) is 4.79 Å². The fraction of sp³-hybridized carbons (Fsp3) is 0.278. The average molecular weight is 283 g/mol. The molecular formula is C18H21NO2. The lowest BCUT2D eigenvalue weighted by Crippen LogP contribution is -2.33. The Labute approximate surface area is 126 Å². The first-order valence-electron chi connectivity index (χ1n) is 7.14. The summed E-state index contributed by atoms with van der Waals surface area (Å²) < 4.78 is 5.22. The SMILES string of the molecule is COc1ccccc1C(=O)CN[C@@H](C)Cc1ccccc1. The number of hydrogen-bond acceptors (Lipinski definition) is 3. The molecule has 1 N–H and O–H groups in total. The predicted octanol–water partition coefficient (Wildman–Crippen LogP) is 3.10. The molecule has 0 radical (unpaired) electrons. The maximum absolute atomic E-state index is 12.2. The zero-order valence-electron chi connectivity index (χ0n) is 12.5. The Kier molecular flexibility index (Phi) is 5.52. The third-order valence-electron chi connectivity index (χ3n) is 3.40. The molecule has 2 aromatic rings. The first-order valence-corrected chi connectivity index (χ1v) is 7.14. The predicted molar refractivity (Wildman–Crippen MR) is 84.9 cm³/mol. The highest BCUT2D eigenvalue weighted by Crippen LogP contribution is 2.17. The van der Waals surface area contributed by atoms with E-state index in [1.54, 1.807) is 19.2 Å². The third kappa shape index (κ3) is 4.43. The second-order valence-corrected chi connectivity index (χ2v) is 5.10.